The van der Waals surface area contributed by atoms with Crippen molar-refractivity contribution in [1.29, 1.82) is 0 Å². The maximum Gasteiger partial charge on any atom is 0.268 e. The van der Waals surface area contributed by atoms with Crippen molar-refractivity contribution in [1.82, 2.24) is 14.1 Å². The van der Waals surface area contributed by atoms with Crippen LogP contribution in [0.3, 0.4) is 0 Å². The van der Waals surface area contributed by atoms with E-state index in [1.165, 1.54) is 16.5 Å². The third-order valence-corrected chi connectivity index (χ3v) is 9.57. The average molecular weight is 667 g/mol. The SMILES string of the molecule is CC(C)(C)c1cccc(-[n+]2[c-]n(-c3cc(Oc4ccc5c6ccccc6n(-c6cc(C(C)(C)C)ccn6)c5c4)cc(-c4ccccc4)c3)cc2)c1. The summed E-state index contributed by atoms with van der Waals surface area (Å²) < 4.78 is 13.1. The van der Waals surface area contributed by atoms with Crippen molar-refractivity contribution in [3.8, 4) is 39.8 Å². The summed E-state index contributed by atoms with van der Waals surface area (Å²) in [5.74, 6) is 2.38. The molecule has 0 aliphatic carbocycles. The van der Waals surface area contributed by atoms with E-state index in [-0.39, 0.29) is 10.8 Å². The van der Waals surface area contributed by atoms with E-state index in [1.54, 1.807) is 0 Å². The zero-order chi connectivity index (χ0) is 35.3. The largest absolute Gasteiger partial charge is 0.458 e. The van der Waals surface area contributed by atoms with Gasteiger partial charge in [0.15, 0.2) is 0 Å². The van der Waals surface area contributed by atoms with E-state index < -0.39 is 0 Å². The highest BCUT2D eigenvalue weighted by molar-refractivity contribution is 6.09. The van der Waals surface area contributed by atoms with Crippen molar-refractivity contribution in [2.75, 3.05) is 0 Å². The van der Waals surface area contributed by atoms with E-state index in [9.17, 15) is 0 Å². The molecule has 3 heterocycles. The number of para-hydroxylation sites is 1. The second-order valence-electron chi connectivity index (χ2n) is 15.3. The molecule has 0 saturated carbocycles. The van der Waals surface area contributed by atoms with E-state index in [0.717, 1.165) is 56.2 Å². The van der Waals surface area contributed by atoms with Crippen LogP contribution in [-0.4, -0.2) is 14.1 Å². The van der Waals surface area contributed by atoms with Crippen LogP contribution in [0.2, 0.25) is 0 Å². The summed E-state index contributed by atoms with van der Waals surface area (Å²) >= 11 is 0. The van der Waals surface area contributed by atoms with Gasteiger partial charge in [0.1, 0.15) is 17.3 Å². The molecule has 252 valence electrons. The molecule has 8 aromatic rings. The highest BCUT2D eigenvalue weighted by Crippen LogP contribution is 2.37. The van der Waals surface area contributed by atoms with Gasteiger partial charge in [0, 0.05) is 35.4 Å². The molecule has 0 atom stereocenters. The number of pyridine rings is 1. The van der Waals surface area contributed by atoms with Crippen LogP contribution < -0.4 is 9.30 Å². The fourth-order valence-electron chi connectivity index (χ4n) is 6.71. The summed E-state index contributed by atoms with van der Waals surface area (Å²) in [6.07, 6.45) is 9.55. The first-order valence-electron chi connectivity index (χ1n) is 17.5. The molecule has 5 heteroatoms. The van der Waals surface area contributed by atoms with Gasteiger partial charge < -0.3 is 4.74 Å². The van der Waals surface area contributed by atoms with Crippen molar-refractivity contribution >= 4 is 21.8 Å². The highest BCUT2D eigenvalue weighted by Gasteiger charge is 2.19. The van der Waals surface area contributed by atoms with E-state index >= 15 is 0 Å². The molecule has 3 aromatic heterocycles. The number of fused-ring (bicyclic) bond motifs is 3. The van der Waals surface area contributed by atoms with Crippen LogP contribution >= 0.6 is 0 Å². The molecule has 0 radical (unpaired) electrons. The lowest BCUT2D eigenvalue weighted by Crippen LogP contribution is -2.29. The minimum atomic E-state index is -0.000913. The van der Waals surface area contributed by atoms with Crippen LogP contribution in [0.15, 0.2) is 146 Å². The second-order valence-corrected chi connectivity index (χ2v) is 15.3. The van der Waals surface area contributed by atoms with Crippen LogP contribution in [0.1, 0.15) is 52.7 Å². The normalized spacial score (nSPS) is 12.1. The van der Waals surface area contributed by atoms with Crippen molar-refractivity contribution in [3.63, 3.8) is 0 Å². The smallest absolute Gasteiger partial charge is 0.268 e. The van der Waals surface area contributed by atoms with E-state index in [0.29, 0.717) is 0 Å². The molecule has 5 nitrogen and oxygen atoms in total. The summed E-state index contributed by atoms with van der Waals surface area (Å²) in [5, 5.41) is 2.33. The predicted octanol–water partition coefficient (Wildman–Crippen LogP) is 11.1. The summed E-state index contributed by atoms with van der Waals surface area (Å²) in [6, 6.07) is 44.6. The van der Waals surface area contributed by atoms with Crippen LogP contribution in [0.25, 0.3) is 50.1 Å². The number of hydrogen-bond acceptors (Lipinski definition) is 2. The molecule has 0 saturated heterocycles. The van der Waals surface area contributed by atoms with Crippen molar-refractivity contribution < 1.29 is 9.30 Å². The molecule has 0 amide bonds. The lowest BCUT2D eigenvalue weighted by Gasteiger charge is -2.20. The molecule has 0 bridgehead atoms. The molecule has 8 rings (SSSR count). The fourth-order valence-corrected chi connectivity index (χ4v) is 6.71. The zero-order valence-corrected chi connectivity index (χ0v) is 30.1. The summed E-state index contributed by atoms with van der Waals surface area (Å²) in [4.78, 5) is 4.85. The molecule has 0 unspecified atom stereocenters. The lowest BCUT2D eigenvalue weighted by molar-refractivity contribution is -0.599. The Hall–Kier alpha value is -5.94. The Morgan fingerprint density at radius 1 is 0.608 bits per heavy atom. The fraction of sp³-hybridized carbons (Fsp3) is 0.174. The third-order valence-electron chi connectivity index (χ3n) is 9.57. The second kappa shape index (κ2) is 12.4. The minimum absolute atomic E-state index is 0.000913. The Morgan fingerprint density at radius 2 is 1.35 bits per heavy atom. The Balaban J connectivity index is 1.22. The van der Waals surface area contributed by atoms with E-state index in [4.69, 9.17) is 9.72 Å². The molecule has 0 N–H and O–H groups in total. The maximum atomic E-state index is 6.75. The Labute approximate surface area is 300 Å². The predicted molar refractivity (Wildman–Crippen MR) is 208 cm³/mol. The summed E-state index contributed by atoms with van der Waals surface area (Å²) in [7, 11) is 0. The Bertz CT molecular complexity index is 2530. The maximum absolute atomic E-state index is 6.75. The molecule has 0 aliphatic heterocycles. The molecule has 0 aliphatic rings. The summed E-state index contributed by atoms with van der Waals surface area (Å²) in [6.45, 7) is 13.4. The van der Waals surface area contributed by atoms with Gasteiger partial charge in [-0.25, -0.2) is 4.98 Å². The third kappa shape index (κ3) is 6.32. The van der Waals surface area contributed by atoms with Crippen LogP contribution in [-0.2, 0) is 10.8 Å². The van der Waals surface area contributed by atoms with Crippen molar-refractivity contribution in [2.24, 2.45) is 0 Å². The Morgan fingerprint density at radius 3 is 2.16 bits per heavy atom. The van der Waals surface area contributed by atoms with Gasteiger partial charge in [0.25, 0.3) is 6.33 Å². The topological polar surface area (TPSA) is 35.9 Å². The van der Waals surface area contributed by atoms with Gasteiger partial charge in [-0.2, -0.15) is 0 Å². The molecule has 51 heavy (non-hydrogen) atoms. The van der Waals surface area contributed by atoms with Gasteiger partial charge in [-0.1, -0.05) is 102 Å². The Kier molecular flexibility index (Phi) is 7.87. The molecule has 0 spiro atoms. The minimum Gasteiger partial charge on any atom is -0.458 e. The number of benzene rings is 5. The molecular weight excluding hydrogens is 625 g/mol. The zero-order valence-electron chi connectivity index (χ0n) is 30.1. The molecule has 5 aromatic carbocycles. The number of imidazole rings is 1. The van der Waals surface area contributed by atoms with Crippen LogP contribution in [0.4, 0.5) is 0 Å². The number of ether oxygens (including phenoxy) is 1. The number of nitrogens with zero attached hydrogens (tertiary/aromatic N) is 4. The van der Waals surface area contributed by atoms with E-state index in [2.05, 4.69) is 174 Å². The van der Waals surface area contributed by atoms with Gasteiger partial charge in [-0.15, -0.1) is 0 Å². The van der Waals surface area contributed by atoms with Crippen molar-refractivity contribution in [3.05, 3.63) is 163 Å². The van der Waals surface area contributed by atoms with Gasteiger partial charge in [-0.05, 0) is 93.7 Å². The first-order valence-corrected chi connectivity index (χ1v) is 17.5. The first-order chi connectivity index (χ1) is 24.5. The van der Waals surface area contributed by atoms with Gasteiger partial charge in [0.2, 0.25) is 0 Å². The monoisotopic (exact) mass is 666 g/mol. The van der Waals surface area contributed by atoms with Crippen LogP contribution in [0.5, 0.6) is 11.5 Å². The van der Waals surface area contributed by atoms with Crippen LogP contribution in [0, 0.1) is 6.33 Å². The highest BCUT2D eigenvalue weighted by atomic mass is 16.5. The van der Waals surface area contributed by atoms with Gasteiger partial charge in [0.05, 0.1) is 22.4 Å². The summed E-state index contributed by atoms with van der Waals surface area (Å²) in [5.41, 5.74) is 8.93. The van der Waals surface area contributed by atoms with Gasteiger partial charge in [-0.3, -0.25) is 13.7 Å². The number of hydrogen-bond donors (Lipinski definition) is 0. The number of rotatable bonds is 6. The number of aromatic nitrogens is 4. The van der Waals surface area contributed by atoms with Gasteiger partial charge >= 0.3 is 0 Å². The standard InChI is InChI=1S/C46H42N4O/c1-45(2,3)34-15-12-16-36(27-34)48-23-24-49(31-48)37-25-33(32-13-8-7-9-14-32)26-39(29-37)51-38-19-20-41-40-17-10-11-18-42(40)50(43(41)30-38)44-28-35(21-22-47-44)46(4,5)6/h7-30H,1-6H3. The lowest BCUT2D eigenvalue weighted by atomic mass is 9.87. The molecule has 0 fully saturated rings. The van der Waals surface area contributed by atoms with Crippen molar-refractivity contribution in [2.45, 2.75) is 52.4 Å². The quantitative estimate of drug-likeness (QED) is 0.131. The average Bonchev–Trinajstić information content (AvgIpc) is 3.75. The van der Waals surface area contributed by atoms with E-state index in [1.807, 2.05) is 33.8 Å². The molecular formula is C46H42N4O. The first kappa shape index (κ1) is 32.3.